The summed E-state index contributed by atoms with van der Waals surface area (Å²) in [6.07, 6.45) is -3.13. The summed E-state index contributed by atoms with van der Waals surface area (Å²) in [5.74, 6) is 0.258. The maximum atomic E-state index is 12.8. The molecule has 3 heterocycles. The molecule has 1 fully saturated rings. The Kier molecular flexibility index (Phi) is 6.89. The van der Waals surface area contributed by atoms with E-state index in [1.54, 1.807) is 28.9 Å². The van der Waals surface area contributed by atoms with Gasteiger partial charge in [-0.1, -0.05) is 32.0 Å². The first-order valence-electron chi connectivity index (χ1n) is 10.7. The normalized spacial score (nSPS) is 16.8. The number of anilines is 1. The predicted molar refractivity (Wildman–Crippen MR) is 116 cm³/mol. The standard InChI is InChI=1S/C22H26F3N5O3/c1-14(2)18-12-28-21-17(27-10-15-5-3-4-6-19(15)33-22(23,24)25)9-20(29-30(18)21)32-13-16-11-26-7-8-31-16/h3-6,9,12,14,16,26-27H,7-8,10-11,13H2,1-2H3/t16-/m1/s1. The Morgan fingerprint density at radius 1 is 1.30 bits per heavy atom. The van der Waals surface area contributed by atoms with Gasteiger partial charge in [0.1, 0.15) is 18.5 Å². The van der Waals surface area contributed by atoms with Gasteiger partial charge in [-0.25, -0.2) is 9.50 Å². The number of para-hydroxylation sites is 1. The van der Waals surface area contributed by atoms with Crippen molar-refractivity contribution in [1.29, 1.82) is 0 Å². The molecule has 1 aliphatic heterocycles. The van der Waals surface area contributed by atoms with Crippen LogP contribution in [0.4, 0.5) is 18.9 Å². The first-order valence-corrected chi connectivity index (χ1v) is 10.7. The fourth-order valence-electron chi connectivity index (χ4n) is 3.53. The summed E-state index contributed by atoms with van der Waals surface area (Å²) in [6.45, 7) is 6.57. The topological polar surface area (TPSA) is 81.9 Å². The Bertz CT molecular complexity index is 1080. The SMILES string of the molecule is CC(C)c1cnc2c(NCc3ccccc3OC(F)(F)F)cc(OC[C@H]3CNCCO3)nn12. The third-order valence-electron chi connectivity index (χ3n) is 5.15. The van der Waals surface area contributed by atoms with Gasteiger partial charge in [-0.15, -0.1) is 18.3 Å². The number of imidazole rings is 1. The van der Waals surface area contributed by atoms with Gasteiger partial charge in [0.15, 0.2) is 5.65 Å². The van der Waals surface area contributed by atoms with Gasteiger partial charge in [0.25, 0.3) is 0 Å². The molecule has 0 bridgehead atoms. The molecule has 1 saturated heterocycles. The van der Waals surface area contributed by atoms with Crippen LogP contribution in [-0.4, -0.2) is 53.4 Å². The van der Waals surface area contributed by atoms with E-state index in [9.17, 15) is 13.2 Å². The van der Waals surface area contributed by atoms with Crippen molar-refractivity contribution in [2.45, 2.75) is 38.8 Å². The molecule has 2 N–H and O–H groups in total. The lowest BCUT2D eigenvalue weighted by atomic mass is 10.1. The molecular weight excluding hydrogens is 439 g/mol. The predicted octanol–water partition coefficient (Wildman–Crippen LogP) is 3.73. The Balaban J connectivity index is 1.58. The van der Waals surface area contributed by atoms with Crippen LogP contribution >= 0.6 is 0 Å². The second-order valence-corrected chi connectivity index (χ2v) is 7.99. The van der Waals surface area contributed by atoms with Crippen LogP contribution in [0.3, 0.4) is 0 Å². The van der Waals surface area contributed by atoms with E-state index >= 15 is 0 Å². The number of morpholine rings is 1. The number of rotatable bonds is 8. The van der Waals surface area contributed by atoms with Gasteiger partial charge in [0, 0.05) is 31.3 Å². The Morgan fingerprint density at radius 2 is 2.12 bits per heavy atom. The number of ether oxygens (including phenoxy) is 3. The van der Waals surface area contributed by atoms with E-state index in [-0.39, 0.29) is 24.3 Å². The number of benzene rings is 1. The third-order valence-corrected chi connectivity index (χ3v) is 5.15. The monoisotopic (exact) mass is 465 g/mol. The number of halogens is 3. The molecule has 11 heteroatoms. The van der Waals surface area contributed by atoms with Crippen molar-refractivity contribution in [1.82, 2.24) is 19.9 Å². The van der Waals surface area contributed by atoms with E-state index in [4.69, 9.17) is 9.47 Å². The average Bonchev–Trinajstić information content (AvgIpc) is 3.21. The molecule has 0 saturated carbocycles. The van der Waals surface area contributed by atoms with Crippen molar-refractivity contribution in [2.75, 3.05) is 31.6 Å². The Hall–Kier alpha value is -3.05. The molecule has 2 aromatic heterocycles. The van der Waals surface area contributed by atoms with Gasteiger partial charge in [0.05, 0.1) is 24.2 Å². The third kappa shape index (κ3) is 5.85. The smallest absolute Gasteiger partial charge is 0.474 e. The Labute approximate surface area is 189 Å². The van der Waals surface area contributed by atoms with Crippen LogP contribution in [-0.2, 0) is 11.3 Å². The van der Waals surface area contributed by atoms with Gasteiger partial charge in [-0.2, -0.15) is 0 Å². The fraction of sp³-hybridized carbons (Fsp3) is 0.455. The van der Waals surface area contributed by atoms with Gasteiger partial charge in [-0.3, -0.25) is 0 Å². The molecule has 0 radical (unpaired) electrons. The maximum Gasteiger partial charge on any atom is 0.573 e. The van der Waals surface area contributed by atoms with Gasteiger partial charge in [-0.05, 0) is 12.0 Å². The molecule has 1 atom stereocenters. The van der Waals surface area contributed by atoms with Crippen molar-refractivity contribution in [2.24, 2.45) is 0 Å². The second kappa shape index (κ2) is 9.84. The molecule has 4 rings (SSSR count). The lowest BCUT2D eigenvalue weighted by Gasteiger charge is -2.23. The second-order valence-electron chi connectivity index (χ2n) is 7.99. The average molecular weight is 465 g/mol. The zero-order valence-corrected chi connectivity index (χ0v) is 18.4. The largest absolute Gasteiger partial charge is 0.573 e. The summed E-state index contributed by atoms with van der Waals surface area (Å²) in [7, 11) is 0. The van der Waals surface area contributed by atoms with Crippen molar-refractivity contribution < 1.29 is 27.4 Å². The van der Waals surface area contributed by atoms with Crippen LogP contribution in [0.5, 0.6) is 11.6 Å². The number of nitrogens with one attached hydrogen (secondary N) is 2. The first kappa shape index (κ1) is 23.1. The zero-order valence-electron chi connectivity index (χ0n) is 18.4. The van der Waals surface area contributed by atoms with Crippen LogP contribution in [0, 0.1) is 0 Å². The maximum absolute atomic E-state index is 12.8. The van der Waals surface area contributed by atoms with E-state index in [1.165, 1.54) is 12.1 Å². The van der Waals surface area contributed by atoms with Crippen molar-refractivity contribution in [3.05, 3.63) is 47.8 Å². The van der Waals surface area contributed by atoms with Crippen LogP contribution in [0.1, 0.15) is 31.0 Å². The highest BCUT2D eigenvalue weighted by atomic mass is 19.4. The summed E-state index contributed by atoms with van der Waals surface area (Å²) in [4.78, 5) is 4.46. The number of alkyl halides is 3. The summed E-state index contributed by atoms with van der Waals surface area (Å²) in [5.41, 5.74) is 2.37. The minimum absolute atomic E-state index is 0.0882. The van der Waals surface area contributed by atoms with Crippen LogP contribution in [0.15, 0.2) is 36.5 Å². The molecule has 178 valence electrons. The number of nitrogens with zero attached hydrogens (tertiary/aromatic N) is 3. The van der Waals surface area contributed by atoms with E-state index in [1.807, 2.05) is 13.8 Å². The highest BCUT2D eigenvalue weighted by Gasteiger charge is 2.32. The molecule has 33 heavy (non-hydrogen) atoms. The van der Waals surface area contributed by atoms with E-state index < -0.39 is 6.36 Å². The van der Waals surface area contributed by atoms with Crippen molar-refractivity contribution in [3.63, 3.8) is 0 Å². The molecule has 0 amide bonds. The van der Waals surface area contributed by atoms with E-state index in [2.05, 4.69) is 25.5 Å². The summed E-state index contributed by atoms with van der Waals surface area (Å²) < 4.78 is 55.7. The molecule has 0 aliphatic carbocycles. The number of fused-ring (bicyclic) bond motifs is 1. The number of hydrogen-bond donors (Lipinski definition) is 2. The summed E-state index contributed by atoms with van der Waals surface area (Å²) in [5, 5.41) is 11.0. The molecule has 8 nitrogen and oxygen atoms in total. The minimum Gasteiger partial charge on any atom is -0.474 e. The van der Waals surface area contributed by atoms with Crippen LogP contribution < -0.4 is 20.1 Å². The van der Waals surface area contributed by atoms with Crippen molar-refractivity contribution in [3.8, 4) is 11.6 Å². The van der Waals surface area contributed by atoms with E-state index in [0.29, 0.717) is 42.5 Å². The van der Waals surface area contributed by atoms with Gasteiger partial charge in [0.2, 0.25) is 5.88 Å². The van der Waals surface area contributed by atoms with Gasteiger partial charge >= 0.3 is 6.36 Å². The van der Waals surface area contributed by atoms with Crippen molar-refractivity contribution >= 4 is 11.3 Å². The van der Waals surface area contributed by atoms with Crippen LogP contribution in [0.25, 0.3) is 5.65 Å². The van der Waals surface area contributed by atoms with Gasteiger partial charge < -0.3 is 24.8 Å². The minimum atomic E-state index is -4.77. The molecule has 0 spiro atoms. The summed E-state index contributed by atoms with van der Waals surface area (Å²) in [6, 6.07) is 7.69. The lowest BCUT2D eigenvalue weighted by Crippen LogP contribution is -2.41. The first-order chi connectivity index (χ1) is 15.8. The molecule has 1 aromatic carbocycles. The molecule has 0 unspecified atom stereocenters. The highest BCUT2D eigenvalue weighted by molar-refractivity contribution is 5.69. The Morgan fingerprint density at radius 3 is 2.85 bits per heavy atom. The van der Waals surface area contributed by atoms with Crippen LogP contribution in [0.2, 0.25) is 0 Å². The fourth-order valence-corrected chi connectivity index (χ4v) is 3.53. The molecular formula is C22H26F3N5O3. The highest BCUT2D eigenvalue weighted by Crippen LogP contribution is 2.29. The quantitative estimate of drug-likeness (QED) is 0.525. The zero-order chi connectivity index (χ0) is 23.4. The number of aromatic nitrogens is 3. The summed E-state index contributed by atoms with van der Waals surface area (Å²) >= 11 is 0. The molecule has 3 aromatic rings. The number of hydrogen-bond acceptors (Lipinski definition) is 7. The molecule has 1 aliphatic rings. The van der Waals surface area contributed by atoms with E-state index in [0.717, 1.165) is 12.2 Å². The lowest BCUT2D eigenvalue weighted by molar-refractivity contribution is -0.274.